The second-order valence-corrected chi connectivity index (χ2v) is 7.64. The molecule has 0 amide bonds. The van der Waals surface area contributed by atoms with Crippen molar-refractivity contribution in [3.63, 3.8) is 0 Å². The SMILES string of the molecule is CC(C)CC[C@@H](NCCCN1CCCCC1)[C@H](O)c1ccccc1.Cl.Cl. The highest BCUT2D eigenvalue weighted by Gasteiger charge is 2.20. The van der Waals surface area contributed by atoms with E-state index in [9.17, 15) is 5.11 Å². The smallest absolute Gasteiger partial charge is 0.0942 e. The number of aliphatic hydroxyl groups is 1. The van der Waals surface area contributed by atoms with Crippen LogP contribution in [0.3, 0.4) is 0 Å². The lowest BCUT2D eigenvalue weighted by Gasteiger charge is -2.28. The average Bonchev–Trinajstić information content (AvgIpc) is 2.62. The maximum absolute atomic E-state index is 10.8. The molecule has 0 saturated carbocycles. The summed E-state index contributed by atoms with van der Waals surface area (Å²) in [5, 5.41) is 14.4. The van der Waals surface area contributed by atoms with Gasteiger partial charge in [0.1, 0.15) is 0 Å². The molecule has 0 spiro atoms. The average molecular weight is 405 g/mol. The van der Waals surface area contributed by atoms with E-state index in [0.717, 1.165) is 24.9 Å². The highest BCUT2D eigenvalue weighted by molar-refractivity contribution is 5.85. The van der Waals surface area contributed by atoms with E-state index in [1.165, 1.54) is 45.3 Å². The van der Waals surface area contributed by atoms with Crippen molar-refractivity contribution in [2.45, 2.75) is 64.5 Å². The Labute approximate surface area is 172 Å². The first-order chi connectivity index (χ1) is 11.7. The summed E-state index contributed by atoms with van der Waals surface area (Å²) in [7, 11) is 0. The molecule has 0 aromatic heterocycles. The van der Waals surface area contributed by atoms with Crippen LogP contribution in [0.15, 0.2) is 30.3 Å². The number of piperidine rings is 1. The summed E-state index contributed by atoms with van der Waals surface area (Å²) in [5.41, 5.74) is 1.02. The number of rotatable bonds is 10. The highest BCUT2D eigenvalue weighted by atomic mass is 35.5. The monoisotopic (exact) mass is 404 g/mol. The fourth-order valence-corrected chi connectivity index (χ4v) is 3.54. The van der Waals surface area contributed by atoms with Crippen LogP contribution in [0.25, 0.3) is 0 Å². The van der Waals surface area contributed by atoms with Crippen molar-refractivity contribution in [3.05, 3.63) is 35.9 Å². The van der Waals surface area contributed by atoms with Gasteiger partial charge in [-0.1, -0.05) is 50.6 Å². The Morgan fingerprint density at radius 2 is 1.65 bits per heavy atom. The van der Waals surface area contributed by atoms with Gasteiger partial charge in [0.25, 0.3) is 0 Å². The van der Waals surface area contributed by atoms with Crippen LogP contribution < -0.4 is 5.32 Å². The van der Waals surface area contributed by atoms with Crippen molar-refractivity contribution in [2.75, 3.05) is 26.2 Å². The van der Waals surface area contributed by atoms with Gasteiger partial charge in [0.15, 0.2) is 0 Å². The lowest BCUT2D eigenvalue weighted by Crippen LogP contribution is -2.38. The lowest BCUT2D eigenvalue weighted by molar-refractivity contribution is 0.119. The highest BCUT2D eigenvalue weighted by Crippen LogP contribution is 2.21. The van der Waals surface area contributed by atoms with E-state index in [1.54, 1.807) is 0 Å². The molecule has 0 unspecified atom stereocenters. The molecule has 1 aliphatic rings. The van der Waals surface area contributed by atoms with Crippen LogP contribution in [0, 0.1) is 5.92 Å². The van der Waals surface area contributed by atoms with Crippen LogP contribution in [-0.2, 0) is 0 Å². The topological polar surface area (TPSA) is 35.5 Å². The third kappa shape index (κ3) is 9.57. The largest absolute Gasteiger partial charge is 0.387 e. The third-order valence-electron chi connectivity index (χ3n) is 5.08. The van der Waals surface area contributed by atoms with E-state index in [4.69, 9.17) is 0 Å². The van der Waals surface area contributed by atoms with E-state index in [2.05, 4.69) is 24.1 Å². The molecule has 0 aliphatic carbocycles. The first-order valence-corrected chi connectivity index (χ1v) is 9.85. The van der Waals surface area contributed by atoms with Gasteiger partial charge >= 0.3 is 0 Å². The van der Waals surface area contributed by atoms with Gasteiger partial charge in [0, 0.05) is 6.04 Å². The quantitative estimate of drug-likeness (QED) is 0.547. The zero-order valence-corrected chi connectivity index (χ0v) is 18.0. The molecule has 1 aromatic rings. The van der Waals surface area contributed by atoms with Crippen molar-refractivity contribution < 1.29 is 5.11 Å². The molecular weight excluding hydrogens is 367 g/mol. The van der Waals surface area contributed by atoms with Crippen LogP contribution in [-0.4, -0.2) is 42.2 Å². The number of nitrogens with zero attached hydrogens (tertiary/aromatic N) is 1. The summed E-state index contributed by atoms with van der Waals surface area (Å²) in [6, 6.07) is 10.2. The molecule has 152 valence electrons. The van der Waals surface area contributed by atoms with Crippen molar-refractivity contribution in [1.82, 2.24) is 10.2 Å². The molecule has 2 rings (SSSR count). The molecule has 1 saturated heterocycles. The van der Waals surface area contributed by atoms with Crippen LogP contribution in [0.5, 0.6) is 0 Å². The van der Waals surface area contributed by atoms with Crippen LogP contribution in [0.2, 0.25) is 0 Å². The zero-order valence-electron chi connectivity index (χ0n) is 16.4. The molecule has 3 nitrogen and oxygen atoms in total. The van der Waals surface area contributed by atoms with E-state index in [-0.39, 0.29) is 30.9 Å². The predicted octanol–water partition coefficient (Wildman–Crippen LogP) is 4.83. The van der Waals surface area contributed by atoms with Crippen molar-refractivity contribution in [3.8, 4) is 0 Å². The van der Waals surface area contributed by atoms with Gasteiger partial charge in [-0.2, -0.15) is 0 Å². The van der Waals surface area contributed by atoms with Crippen LogP contribution in [0.4, 0.5) is 0 Å². The van der Waals surface area contributed by atoms with Crippen LogP contribution >= 0.6 is 24.8 Å². The number of likely N-dealkylation sites (tertiary alicyclic amines) is 1. The van der Waals surface area contributed by atoms with Gasteiger partial charge in [0.2, 0.25) is 0 Å². The number of nitrogens with one attached hydrogen (secondary N) is 1. The second-order valence-electron chi connectivity index (χ2n) is 7.64. The summed E-state index contributed by atoms with van der Waals surface area (Å²) < 4.78 is 0. The van der Waals surface area contributed by atoms with Gasteiger partial charge in [-0.25, -0.2) is 0 Å². The Bertz CT molecular complexity index is 439. The number of hydrogen-bond donors (Lipinski definition) is 2. The summed E-state index contributed by atoms with van der Waals surface area (Å²) in [6.45, 7) is 9.21. The number of hydrogen-bond acceptors (Lipinski definition) is 3. The fraction of sp³-hybridized carbons (Fsp3) is 0.714. The van der Waals surface area contributed by atoms with E-state index in [0.29, 0.717) is 5.92 Å². The minimum absolute atomic E-state index is 0. The lowest BCUT2D eigenvalue weighted by atomic mass is 9.95. The maximum atomic E-state index is 10.8. The first kappa shape index (κ1) is 25.7. The van der Waals surface area contributed by atoms with Gasteiger partial charge in [-0.15, -0.1) is 24.8 Å². The van der Waals surface area contributed by atoms with Crippen molar-refractivity contribution in [2.24, 2.45) is 5.92 Å². The maximum Gasteiger partial charge on any atom is 0.0942 e. The molecule has 0 radical (unpaired) electrons. The van der Waals surface area contributed by atoms with E-state index < -0.39 is 6.10 Å². The minimum Gasteiger partial charge on any atom is -0.387 e. The van der Waals surface area contributed by atoms with Gasteiger partial charge in [-0.3, -0.25) is 0 Å². The number of aliphatic hydroxyl groups excluding tert-OH is 1. The molecule has 1 aromatic carbocycles. The van der Waals surface area contributed by atoms with Gasteiger partial charge in [0.05, 0.1) is 6.10 Å². The standard InChI is InChI=1S/C21H36N2O.2ClH/c1-18(2)12-13-20(21(24)19-10-5-3-6-11-19)22-14-9-17-23-15-7-4-8-16-23;;/h3,5-6,10-11,18,20-22,24H,4,7-9,12-17H2,1-2H3;2*1H/t20-,21-;;/m1../s1. The zero-order chi connectivity index (χ0) is 17.2. The fourth-order valence-electron chi connectivity index (χ4n) is 3.54. The third-order valence-corrected chi connectivity index (χ3v) is 5.08. The molecular formula is C21H38Cl2N2O. The Balaban J connectivity index is 0.00000312. The summed E-state index contributed by atoms with van der Waals surface area (Å²) in [6.07, 6.45) is 7.04. The van der Waals surface area contributed by atoms with E-state index >= 15 is 0 Å². The number of benzene rings is 1. The molecule has 2 N–H and O–H groups in total. The van der Waals surface area contributed by atoms with Gasteiger partial charge < -0.3 is 15.3 Å². The predicted molar refractivity (Wildman–Crippen MR) is 117 cm³/mol. The van der Waals surface area contributed by atoms with Crippen molar-refractivity contribution >= 4 is 24.8 Å². The summed E-state index contributed by atoms with van der Waals surface area (Å²) in [5.74, 6) is 0.672. The van der Waals surface area contributed by atoms with Crippen LogP contribution in [0.1, 0.15) is 64.0 Å². The first-order valence-electron chi connectivity index (χ1n) is 9.85. The number of halogens is 2. The summed E-state index contributed by atoms with van der Waals surface area (Å²) >= 11 is 0. The molecule has 2 atom stereocenters. The molecule has 0 bridgehead atoms. The van der Waals surface area contributed by atoms with Crippen molar-refractivity contribution in [1.29, 1.82) is 0 Å². The minimum atomic E-state index is -0.417. The Kier molecular flexibility index (Phi) is 14.5. The molecule has 1 heterocycles. The van der Waals surface area contributed by atoms with Gasteiger partial charge in [-0.05, 0) is 69.8 Å². The summed E-state index contributed by atoms with van der Waals surface area (Å²) in [4.78, 5) is 2.59. The molecule has 1 aliphatic heterocycles. The Hall–Kier alpha value is -0.320. The molecule has 5 heteroatoms. The second kappa shape index (κ2) is 14.7. The normalized spacial score (nSPS) is 17.2. The Morgan fingerprint density at radius 1 is 1.00 bits per heavy atom. The molecule has 1 fully saturated rings. The molecule has 26 heavy (non-hydrogen) atoms. The Morgan fingerprint density at radius 3 is 2.27 bits per heavy atom. The van der Waals surface area contributed by atoms with E-state index in [1.807, 2.05) is 30.3 Å².